The van der Waals surface area contributed by atoms with Crippen molar-refractivity contribution in [1.29, 1.82) is 0 Å². The Bertz CT molecular complexity index is 634. The SMILES string of the molecule is CCNC(=NCc1ccc(S(=O)(=O)NCCOC)cc1)NCC(C)C.I. The molecule has 3 N–H and O–H groups in total. The van der Waals surface area contributed by atoms with Crippen LogP contribution in [0, 0.1) is 5.92 Å². The summed E-state index contributed by atoms with van der Waals surface area (Å²) in [7, 11) is -1.97. The maximum Gasteiger partial charge on any atom is 0.240 e. The monoisotopic (exact) mass is 498 g/mol. The van der Waals surface area contributed by atoms with Crippen molar-refractivity contribution in [3.63, 3.8) is 0 Å². The highest BCUT2D eigenvalue weighted by Crippen LogP contribution is 2.11. The third-order valence-electron chi connectivity index (χ3n) is 3.27. The molecule has 0 aliphatic heterocycles. The lowest BCUT2D eigenvalue weighted by Gasteiger charge is -2.13. The van der Waals surface area contributed by atoms with E-state index in [2.05, 4.69) is 34.2 Å². The maximum atomic E-state index is 12.1. The van der Waals surface area contributed by atoms with Gasteiger partial charge >= 0.3 is 0 Å². The number of hydrogen-bond acceptors (Lipinski definition) is 4. The van der Waals surface area contributed by atoms with Gasteiger partial charge in [0.05, 0.1) is 18.0 Å². The first-order valence-corrected chi connectivity index (χ1v) is 9.97. The Labute approximate surface area is 174 Å². The Hall–Kier alpha value is -0.910. The van der Waals surface area contributed by atoms with E-state index in [1.807, 2.05) is 6.92 Å². The van der Waals surface area contributed by atoms with E-state index < -0.39 is 10.0 Å². The molecule has 150 valence electrons. The standard InChI is InChI=1S/C17H30N4O3S.HI/c1-5-18-17(19-12-14(2)3)20-13-15-6-8-16(9-7-15)25(22,23)21-10-11-24-4;/h6-9,14,21H,5,10-13H2,1-4H3,(H2,18,19,20);1H. The smallest absolute Gasteiger partial charge is 0.240 e. The number of methoxy groups -OCH3 is 1. The molecule has 0 unspecified atom stereocenters. The highest BCUT2D eigenvalue weighted by Gasteiger charge is 2.12. The summed E-state index contributed by atoms with van der Waals surface area (Å²) >= 11 is 0. The normalized spacial score (nSPS) is 12.0. The molecular formula is C17H31IN4O3S. The van der Waals surface area contributed by atoms with Crippen LogP contribution in [0.2, 0.25) is 0 Å². The molecular weight excluding hydrogens is 467 g/mol. The van der Waals surface area contributed by atoms with Crippen LogP contribution >= 0.6 is 24.0 Å². The number of ether oxygens (including phenoxy) is 1. The first-order valence-electron chi connectivity index (χ1n) is 8.48. The third kappa shape index (κ3) is 9.70. The van der Waals surface area contributed by atoms with Crippen LogP contribution in [-0.4, -0.2) is 47.7 Å². The maximum absolute atomic E-state index is 12.1. The number of sulfonamides is 1. The van der Waals surface area contributed by atoms with Gasteiger partial charge in [-0.05, 0) is 30.5 Å². The zero-order valence-electron chi connectivity index (χ0n) is 15.9. The van der Waals surface area contributed by atoms with Crippen molar-refractivity contribution in [2.75, 3.05) is 33.4 Å². The molecule has 7 nitrogen and oxygen atoms in total. The number of benzene rings is 1. The molecule has 0 fully saturated rings. The Morgan fingerprint density at radius 2 is 1.85 bits per heavy atom. The molecule has 9 heteroatoms. The molecule has 0 amide bonds. The molecule has 0 saturated heterocycles. The van der Waals surface area contributed by atoms with Crippen molar-refractivity contribution < 1.29 is 13.2 Å². The van der Waals surface area contributed by atoms with E-state index in [0.29, 0.717) is 19.1 Å². The van der Waals surface area contributed by atoms with Crippen molar-refractivity contribution in [3.05, 3.63) is 29.8 Å². The molecule has 0 radical (unpaired) electrons. The van der Waals surface area contributed by atoms with Gasteiger partial charge in [0.25, 0.3) is 0 Å². The van der Waals surface area contributed by atoms with Crippen molar-refractivity contribution >= 4 is 40.0 Å². The zero-order chi connectivity index (χ0) is 18.7. The van der Waals surface area contributed by atoms with E-state index in [1.54, 1.807) is 24.3 Å². The summed E-state index contributed by atoms with van der Waals surface area (Å²) < 4.78 is 31.5. The molecule has 1 rings (SSSR count). The predicted octanol–water partition coefficient (Wildman–Crippen LogP) is 1.94. The second kappa shape index (κ2) is 13.3. The molecule has 1 aromatic rings. The lowest BCUT2D eigenvalue weighted by molar-refractivity contribution is 0.204. The summed E-state index contributed by atoms with van der Waals surface area (Å²) in [6.07, 6.45) is 0. The molecule has 0 aromatic heterocycles. The number of nitrogens with zero attached hydrogens (tertiary/aromatic N) is 1. The molecule has 1 aromatic carbocycles. The quantitative estimate of drug-likeness (QED) is 0.199. The van der Waals surface area contributed by atoms with Crippen molar-refractivity contribution in [3.8, 4) is 0 Å². The van der Waals surface area contributed by atoms with Crippen molar-refractivity contribution in [2.45, 2.75) is 32.2 Å². The number of aliphatic imine (C=N–C) groups is 1. The molecule has 0 bridgehead atoms. The van der Waals surface area contributed by atoms with Crippen molar-refractivity contribution in [2.24, 2.45) is 10.9 Å². The first kappa shape index (κ1) is 25.1. The minimum Gasteiger partial charge on any atom is -0.383 e. The van der Waals surface area contributed by atoms with Gasteiger partial charge in [0.15, 0.2) is 5.96 Å². The summed E-state index contributed by atoms with van der Waals surface area (Å²) in [5, 5.41) is 6.47. The molecule has 0 saturated carbocycles. The summed E-state index contributed by atoms with van der Waals surface area (Å²) in [5.41, 5.74) is 0.942. The zero-order valence-corrected chi connectivity index (χ0v) is 19.1. The highest BCUT2D eigenvalue weighted by molar-refractivity contribution is 14.0. The minimum atomic E-state index is -3.50. The van der Waals surface area contributed by atoms with E-state index in [4.69, 9.17) is 4.74 Å². The minimum absolute atomic E-state index is 0. The van der Waals surface area contributed by atoms with Gasteiger partial charge < -0.3 is 15.4 Å². The Morgan fingerprint density at radius 3 is 2.38 bits per heavy atom. The second-order valence-electron chi connectivity index (χ2n) is 6.00. The van der Waals surface area contributed by atoms with Gasteiger partial charge in [0, 0.05) is 26.7 Å². The topological polar surface area (TPSA) is 91.8 Å². The van der Waals surface area contributed by atoms with E-state index in [0.717, 1.165) is 24.6 Å². The van der Waals surface area contributed by atoms with Crippen LogP contribution in [0.15, 0.2) is 34.2 Å². The molecule has 0 atom stereocenters. The lowest BCUT2D eigenvalue weighted by atomic mass is 10.2. The summed E-state index contributed by atoms with van der Waals surface area (Å²) in [5.74, 6) is 1.29. The van der Waals surface area contributed by atoms with Gasteiger partial charge in [-0.25, -0.2) is 18.1 Å². The summed E-state index contributed by atoms with van der Waals surface area (Å²) in [6.45, 7) is 8.98. The van der Waals surface area contributed by atoms with E-state index in [-0.39, 0.29) is 35.4 Å². The van der Waals surface area contributed by atoms with Crippen LogP contribution in [0.4, 0.5) is 0 Å². The van der Waals surface area contributed by atoms with Crippen LogP contribution in [0.5, 0.6) is 0 Å². The van der Waals surface area contributed by atoms with Crippen LogP contribution in [0.25, 0.3) is 0 Å². The second-order valence-corrected chi connectivity index (χ2v) is 7.77. The number of halogens is 1. The fourth-order valence-corrected chi connectivity index (χ4v) is 2.96. The fourth-order valence-electron chi connectivity index (χ4n) is 1.95. The van der Waals surface area contributed by atoms with Crippen LogP contribution in [0.3, 0.4) is 0 Å². The molecule has 0 spiro atoms. The number of guanidine groups is 1. The molecule has 26 heavy (non-hydrogen) atoms. The Balaban J connectivity index is 0.00000625. The molecule has 0 aliphatic carbocycles. The lowest BCUT2D eigenvalue weighted by Crippen LogP contribution is -2.39. The van der Waals surface area contributed by atoms with Gasteiger partial charge in [0.1, 0.15) is 0 Å². The first-order chi connectivity index (χ1) is 11.9. The van der Waals surface area contributed by atoms with Crippen LogP contribution in [-0.2, 0) is 21.3 Å². The van der Waals surface area contributed by atoms with Gasteiger partial charge in [-0.1, -0.05) is 26.0 Å². The Morgan fingerprint density at radius 1 is 1.19 bits per heavy atom. The molecule has 0 aliphatic rings. The summed E-state index contributed by atoms with van der Waals surface area (Å²) in [4.78, 5) is 4.76. The number of nitrogens with one attached hydrogen (secondary N) is 3. The van der Waals surface area contributed by atoms with Gasteiger partial charge in [0.2, 0.25) is 10.0 Å². The number of rotatable bonds is 10. The summed E-state index contributed by atoms with van der Waals surface area (Å²) in [6, 6.07) is 6.74. The Kier molecular flexibility index (Phi) is 12.8. The van der Waals surface area contributed by atoms with E-state index in [9.17, 15) is 8.42 Å². The van der Waals surface area contributed by atoms with E-state index in [1.165, 1.54) is 7.11 Å². The van der Waals surface area contributed by atoms with Crippen LogP contribution < -0.4 is 15.4 Å². The third-order valence-corrected chi connectivity index (χ3v) is 4.75. The largest absolute Gasteiger partial charge is 0.383 e. The van der Waals surface area contributed by atoms with Gasteiger partial charge in [-0.2, -0.15) is 0 Å². The predicted molar refractivity (Wildman–Crippen MR) is 117 cm³/mol. The molecule has 0 heterocycles. The van der Waals surface area contributed by atoms with Crippen LogP contribution in [0.1, 0.15) is 26.3 Å². The number of hydrogen-bond donors (Lipinski definition) is 3. The average Bonchev–Trinajstić information content (AvgIpc) is 2.58. The van der Waals surface area contributed by atoms with E-state index >= 15 is 0 Å². The van der Waals surface area contributed by atoms with Crippen molar-refractivity contribution in [1.82, 2.24) is 15.4 Å². The average molecular weight is 498 g/mol. The highest BCUT2D eigenvalue weighted by atomic mass is 127. The van der Waals surface area contributed by atoms with Gasteiger partial charge in [-0.3, -0.25) is 0 Å². The fraction of sp³-hybridized carbons (Fsp3) is 0.588. The van der Waals surface area contributed by atoms with Gasteiger partial charge in [-0.15, -0.1) is 24.0 Å².